The number of hydrogen-bond donors (Lipinski definition) is 2. The first-order valence-electron chi connectivity index (χ1n) is 10.5. The van der Waals surface area contributed by atoms with Gasteiger partial charge in [-0.1, -0.05) is 72.8 Å². The molecule has 5 rings (SSSR count). The normalized spacial score (nSPS) is 15.6. The summed E-state index contributed by atoms with van der Waals surface area (Å²) in [5, 5.41) is 16.6. The Hall–Kier alpha value is -3.84. The topological polar surface area (TPSA) is 49.3 Å². The summed E-state index contributed by atoms with van der Waals surface area (Å²) in [5.41, 5.74) is 2.04. The summed E-state index contributed by atoms with van der Waals surface area (Å²) in [4.78, 5) is 11.8. The van der Waals surface area contributed by atoms with E-state index in [1.807, 2.05) is 6.07 Å². The van der Waals surface area contributed by atoms with Crippen molar-refractivity contribution in [3.63, 3.8) is 0 Å². The Labute approximate surface area is 197 Å². The van der Waals surface area contributed by atoms with Crippen molar-refractivity contribution in [2.75, 3.05) is 5.32 Å². The maximum atomic E-state index is 14.0. The van der Waals surface area contributed by atoms with Gasteiger partial charge in [0.05, 0.1) is 11.1 Å². The van der Waals surface area contributed by atoms with E-state index in [1.54, 1.807) is 66.0 Å². The highest BCUT2D eigenvalue weighted by Gasteiger charge is 2.35. The number of nitrogens with one attached hydrogen (secondary N) is 1. The number of aliphatic hydroxyl groups excluding tert-OH is 1. The molecule has 1 aromatic heterocycles. The number of fused-ring (bicyclic) bond motifs is 1. The van der Waals surface area contributed by atoms with E-state index in [9.17, 15) is 23.1 Å². The minimum Gasteiger partial charge on any atom is -0.507 e. The van der Waals surface area contributed by atoms with E-state index in [4.69, 9.17) is 0 Å². The van der Waals surface area contributed by atoms with Gasteiger partial charge in [-0.05, 0) is 28.3 Å². The molecule has 0 saturated heterocycles. The minimum atomic E-state index is -4.56. The first-order valence-corrected chi connectivity index (χ1v) is 11.4. The van der Waals surface area contributed by atoms with Crippen molar-refractivity contribution >= 4 is 34.0 Å². The van der Waals surface area contributed by atoms with Gasteiger partial charge in [0, 0.05) is 16.5 Å². The number of alkyl halides is 3. The van der Waals surface area contributed by atoms with Crippen LogP contribution in [-0.2, 0) is 11.0 Å². The fourth-order valence-corrected chi connectivity index (χ4v) is 5.27. The molecule has 0 bridgehead atoms. The van der Waals surface area contributed by atoms with Gasteiger partial charge in [0.15, 0.2) is 0 Å². The minimum absolute atomic E-state index is 0.0878. The zero-order valence-electron chi connectivity index (χ0n) is 17.6. The highest BCUT2D eigenvalue weighted by atomic mass is 32.1. The molecule has 0 radical (unpaired) electrons. The third-order valence-electron chi connectivity index (χ3n) is 5.82. The van der Waals surface area contributed by atoms with Gasteiger partial charge < -0.3 is 15.2 Å². The molecule has 170 valence electrons. The van der Waals surface area contributed by atoms with Crippen molar-refractivity contribution in [2.45, 2.75) is 12.2 Å². The molecule has 2 heterocycles. The second kappa shape index (κ2) is 8.50. The summed E-state index contributed by atoms with van der Waals surface area (Å²) in [7, 11) is 0. The number of benzene rings is 3. The largest absolute Gasteiger partial charge is 0.507 e. The van der Waals surface area contributed by atoms with Crippen LogP contribution in [0.15, 0.2) is 84.2 Å². The molecule has 1 aliphatic rings. The van der Waals surface area contributed by atoms with Gasteiger partial charge in [0.1, 0.15) is 23.1 Å². The lowest BCUT2D eigenvalue weighted by Gasteiger charge is -2.25. The second-order valence-corrected chi connectivity index (χ2v) is 8.74. The van der Waals surface area contributed by atoms with Gasteiger partial charge in [-0.25, -0.2) is 0 Å². The quantitative estimate of drug-likeness (QED) is 0.299. The van der Waals surface area contributed by atoms with Gasteiger partial charge in [-0.3, -0.25) is 0 Å². The average Bonchev–Trinajstić information content (AvgIpc) is 3.28. The molecule has 1 unspecified atom stereocenters. The molecule has 0 aliphatic carbocycles. The lowest BCUT2D eigenvalue weighted by Crippen LogP contribution is -2.27. The summed E-state index contributed by atoms with van der Waals surface area (Å²) in [6, 6.07) is 20.8. The Balaban J connectivity index is 1.69. The average molecular weight is 478 g/mol. The van der Waals surface area contributed by atoms with Crippen LogP contribution in [0.25, 0.3) is 33.6 Å². The molecular formula is C27H18F3NO2S. The Morgan fingerprint density at radius 2 is 1.50 bits per heavy atom. The van der Waals surface area contributed by atoms with Crippen molar-refractivity contribution in [3.8, 4) is 22.3 Å². The van der Waals surface area contributed by atoms with E-state index in [0.717, 1.165) is 6.07 Å². The Morgan fingerprint density at radius 1 is 0.853 bits per heavy atom. The Morgan fingerprint density at radius 3 is 2.12 bits per heavy atom. The van der Waals surface area contributed by atoms with Gasteiger partial charge in [0.25, 0.3) is 0 Å². The summed E-state index contributed by atoms with van der Waals surface area (Å²) in [5.74, 6) is -0.117. The summed E-state index contributed by atoms with van der Waals surface area (Å²) in [6.07, 6.45) is -3.86. The highest BCUT2D eigenvalue weighted by Crippen LogP contribution is 2.47. The number of rotatable bonds is 4. The summed E-state index contributed by atoms with van der Waals surface area (Å²) in [6.45, 7) is 0. The van der Waals surface area contributed by atoms with Crippen LogP contribution in [0.5, 0.6) is 0 Å². The molecule has 3 nitrogen and oxygen atoms in total. The number of hydrogen-bond acceptors (Lipinski definition) is 4. The van der Waals surface area contributed by atoms with E-state index < -0.39 is 17.8 Å². The summed E-state index contributed by atoms with van der Waals surface area (Å²) >= 11 is 1.24. The van der Waals surface area contributed by atoms with Crippen molar-refractivity contribution < 1.29 is 23.1 Å². The van der Waals surface area contributed by atoms with Gasteiger partial charge >= 0.3 is 6.18 Å². The third-order valence-corrected chi connectivity index (χ3v) is 6.73. The number of aliphatic hydroxyl groups is 1. The predicted molar refractivity (Wildman–Crippen MR) is 130 cm³/mol. The van der Waals surface area contributed by atoms with E-state index in [1.165, 1.54) is 17.4 Å². The number of carbonyl (C=O) groups excluding carboxylic acids is 1. The lowest BCUT2D eigenvalue weighted by molar-refractivity contribution is -0.137. The maximum absolute atomic E-state index is 14.0. The van der Waals surface area contributed by atoms with Crippen LogP contribution in [0.1, 0.15) is 16.7 Å². The molecule has 0 spiro atoms. The first kappa shape index (κ1) is 22.0. The van der Waals surface area contributed by atoms with Gasteiger partial charge in [-0.15, -0.1) is 11.3 Å². The fourth-order valence-electron chi connectivity index (χ4n) is 4.26. The Kier molecular flexibility index (Phi) is 5.49. The molecule has 34 heavy (non-hydrogen) atoms. The molecule has 0 saturated carbocycles. The smallest absolute Gasteiger partial charge is 0.417 e. The van der Waals surface area contributed by atoms with E-state index in [2.05, 4.69) is 5.32 Å². The number of halogens is 3. The van der Waals surface area contributed by atoms with Crippen molar-refractivity contribution in [1.29, 1.82) is 0 Å². The molecule has 2 N–H and O–H groups in total. The number of carbonyl (C=O) groups is 1. The second-order valence-electron chi connectivity index (χ2n) is 7.86. The number of thiophene rings is 1. The molecule has 0 fully saturated rings. The predicted octanol–water partition coefficient (Wildman–Crippen LogP) is 7.52. The Bertz CT molecular complexity index is 1390. The third kappa shape index (κ3) is 3.78. The standard InChI is InChI=1S/C27H18F3NO2S/c28-27(29,30)21-13-18(11-12-19(21)16-7-3-1-4-8-16)20-15-34-26-24(20)25(33)23(22(14-32)31-26)17-9-5-2-6-10-17/h1-15,22,31,33H. The van der Waals surface area contributed by atoms with Crippen molar-refractivity contribution in [3.05, 3.63) is 101 Å². The maximum Gasteiger partial charge on any atom is 0.417 e. The fraction of sp³-hybridized carbons (Fsp3) is 0.0741. The van der Waals surface area contributed by atoms with Crippen LogP contribution in [0.4, 0.5) is 18.2 Å². The van der Waals surface area contributed by atoms with E-state index in [-0.39, 0.29) is 11.3 Å². The molecule has 1 aliphatic heterocycles. The monoisotopic (exact) mass is 477 g/mol. The number of anilines is 1. The van der Waals surface area contributed by atoms with Crippen LogP contribution >= 0.6 is 11.3 Å². The number of aldehydes is 1. The highest BCUT2D eigenvalue weighted by molar-refractivity contribution is 7.15. The SMILES string of the molecule is O=CC1Nc2scc(-c3ccc(-c4ccccc4)c(C(F)(F)F)c3)c2C(O)=C1c1ccccc1. The molecular weight excluding hydrogens is 459 g/mol. The van der Waals surface area contributed by atoms with Crippen LogP contribution in [0, 0.1) is 0 Å². The van der Waals surface area contributed by atoms with Crippen LogP contribution in [0.2, 0.25) is 0 Å². The van der Waals surface area contributed by atoms with Crippen molar-refractivity contribution in [1.82, 2.24) is 0 Å². The van der Waals surface area contributed by atoms with E-state index >= 15 is 0 Å². The lowest BCUT2D eigenvalue weighted by atomic mass is 9.89. The molecule has 4 aromatic rings. The van der Waals surface area contributed by atoms with Crippen molar-refractivity contribution in [2.24, 2.45) is 0 Å². The van der Waals surface area contributed by atoms with Crippen LogP contribution < -0.4 is 5.32 Å². The molecule has 7 heteroatoms. The molecule has 3 aromatic carbocycles. The van der Waals surface area contributed by atoms with E-state index in [0.29, 0.717) is 44.7 Å². The molecule has 0 amide bonds. The van der Waals surface area contributed by atoms with Gasteiger partial charge in [-0.2, -0.15) is 13.2 Å². The van der Waals surface area contributed by atoms with Gasteiger partial charge in [0.2, 0.25) is 0 Å². The zero-order valence-corrected chi connectivity index (χ0v) is 18.5. The van der Waals surface area contributed by atoms with Crippen LogP contribution in [-0.4, -0.2) is 17.4 Å². The van der Waals surface area contributed by atoms with Crippen LogP contribution in [0.3, 0.4) is 0 Å². The summed E-state index contributed by atoms with van der Waals surface area (Å²) < 4.78 is 42.1. The molecule has 1 atom stereocenters. The first-order chi connectivity index (χ1) is 16.4. The zero-order chi connectivity index (χ0) is 23.9.